The number of rotatable bonds is 3. The van der Waals surface area contributed by atoms with E-state index >= 15 is 0 Å². The molecule has 1 aromatic heterocycles. The van der Waals surface area contributed by atoms with E-state index in [2.05, 4.69) is 21.2 Å². The van der Waals surface area contributed by atoms with Crippen LogP contribution in [0.5, 0.6) is 0 Å². The number of alkyl halides is 3. The van der Waals surface area contributed by atoms with Gasteiger partial charge in [-0.25, -0.2) is 0 Å². The lowest BCUT2D eigenvalue weighted by molar-refractivity contribution is -0.138. The summed E-state index contributed by atoms with van der Waals surface area (Å²) >= 11 is 4.71. The van der Waals surface area contributed by atoms with E-state index in [4.69, 9.17) is 0 Å². The van der Waals surface area contributed by atoms with Gasteiger partial charge in [0.15, 0.2) is 0 Å². The fourth-order valence-electron chi connectivity index (χ4n) is 2.44. The second-order valence-corrected chi connectivity index (χ2v) is 7.20. The molecule has 0 saturated heterocycles. The minimum Gasteiger partial charge on any atom is -0.309 e. The van der Waals surface area contributed by atoms with Crippen LogP contribution in [0, 0.1) is 13.8 Å². The number of nitrogens with one attached hydrogen (secondary N) is 1. The SMILES string of the molecule is CNC(c1ccc(Br)cc1C(F)(F)F)c1cc(C)sc1C. The molecule has 2 aromatic rings. The van der Waals surface area contributed by atoms with E-state index in [1.807, 2.05) is 19.9 Å². The zero-order chi connectivity index (χ0) is 15.8. The summed E-state index contributed by atoms with van der Waals surface area (Å²) in [5.74, 6) is 0. The van der Waals surface area contributed by atoms with Crippen LogP contribution >= 0.6 is 27.3 Å². The molecule has 0 fully saturated rings. The summed E-state index contributed by atoms with van der Waals surface area (Å²) < 4.78 is 40.3. The maximum atomic E-state index is 13.3. The molecule has 1 nitrogen and oxygen atoms in total. The molecular formula is C15H15BrF3NS. The molecule has 0 saturated carbocycles. The topological polar surface area (TPSA) is 12.0 Å². The van der Waals surface area contributed by atoms with Crippen molar-refractivity contribution in [2.75, 3.05) is 7.05 Å². The van der Waals surface area contributed by atoms with Crippen LogP contribution in [-0.2, 0) is 6.18 Å². The predicted octanol–water partition coefficient (Wildman–Crippen LogP) is 5.46. The van der Waals surface area contributed by atoms with Gasteiger partial charge in [0.2, 0.25) is 0 Å². The monoisotopic (exact) mass is 377 g/mol. The molecule has 114 valence electrons. The first kappa shape index (κ1) is 16.5. The highest BCUT2D eigenvalue weighted by Crippen LogP contribution is 2.39. The van der Waals surface area contributed by atoms with Gasteiger partial charge in [-0.15, -0.1) is 11.3 Å². The average molecular weight is 378 g/mol. The minimum atomic E-state index is -4.38. The van der Waals surface area contributed by atoms with Crippen LogP contribution in [0.1, 0.15) is 32.5 Å². The maximum Gasteiger partial charge on any atom is 0.416 e. The number of thiophene rings is 1. The quantitative estimate of drug-likeness (QED) is 0.749. The molecule has 1 N–H and O–H groups in total. The lowest BCUT2D eigenvalue weighted by Gasteiger charge is -2.22. The fourth-order valence-corrected chi connectivity index (χ4v) is 3.77. The molecule has 0 radical (unpaired) electrons. The first-order chi connectivity index (χ1) is 9.74. The van der Waals surface area contributed by atoms with E-state index in [9.17, 15) is 13.2 Å². The third-order valence-electron chi connectivity index (χ3n) is 3.31. The summed E-state index contributed by atoms with van der Waals surface area (Å²) in [6, 6.07) is 5.78. The molecular weight excluding hydrogens is 363 g/mol. The molecule has 0 aliphatic rings. The van der Waals surface area contributed by atoms with E-state index in [-0.39, 0.29) is 5.56 Å². The predicted molar refractivity (Wildman–Crippen MR) is 83.8 cm³/mol. The van der Waals surface area contributed by atoms with Crippen LogP contribution in [0.15, 0.2) is 28.7 Å². The van der Waals surface area contributed by atoms with Crippen molar-refractivity contribution in [1.82, 2.24) is 5.32 Å². The molecule has 1 aromatic carbocycles. The Morgan fingerprint density at radius 2 is 1.81 bits per heavy atom. The number of hydrogen-bond acceptors (Lipinski definition) is 2. The Bertz CT molecular complexity index is 649. The largest absolute Gasteiger partial charge is 0.416 e. The van der Waals surface area contributed by atoms with E-state index in [0.29, 0.717) is 4.47 Å². The molecule has 1 atom stereocenters. The van der Waals surface area contributed by atoms with Crippen molar-refractivity contribution < 1.29 is 13.2 Å². The Labute approximate surface area is 134 Å². The van der Waals surface area contributed by atoms with Crippen molar-refractivity contribution in [3.8, 4) is 0 Å². The van der Waals surface area contributed by atoms with Crippen LogP contribution in [0.4, 0.5) is 13.2 Å². The Balaban J connectivity index is 2.60. The Morgan fingerprint density at radius 3 is 2.29 bits per heavy atom. The van der Waals surface area contributed by atoms with Gasteiger partial charge in [0.1, 0.15) is 0 Å². The zero-order valence-electron chi connectivity index (χ0n) is 11.8. The van der Waals surface area contributed by atoms with E-state index in [1.54, 1.807) is 24.5 Å². The Morgan fingerprint density at radius 1 is 1.14 bits per heavy atom. The molecule has 0 amide bonds. The van der Waals surface area contributed by atoms with Gasteiger partial charge < -0.3 is 5.32 Å². The van der Waals surface area contributed by atoms with Crippen molar-refractivity contribution in [3.05, 3.63) is 55.2 Å². The number of halogens is 4. The second kappa shape index (κ2) is 6.10. The van der Waals surface area contributed by atoms with Crippen LogP contribution in [0.25, 0.3) is 0 Å². The number of aryl methyl sites for hydroxylation is 2. The molecule has 0 bridgehead atoms. The standard InChI is InChI=1S/C15H15BrF3NS/c1-8-6-12(9(2)21-8)14(20-3)11-5-4-10(16)7-13(11)15(17,18)19/h4-7,14,20H,1-3H3. The molecule has 1 heterocycles. The Hall–Kier alpha value is -0.850. The molecule has 0 aliphatic heterocycles. The summed E-state index contributed by atoms with van der Waals surface area (Å²) in [7, 11) is 1.68. The maximum absolute atomic E-state index is 13.3. The average Bonchev–Trinajstić information content (AvgIpc) is 2.70. The van der Waals surface area contributed by atoms with Crippen LogP contribution < -0.4 is 5.32 Å². The summed E-state index contributed by atoms with van der Waals surface area (Å²) in [4.78, 5) is 2.12. The first-order valence-electron chi connectivity index (χ1n) is 6.35. The highest BCUT2D eigenvalue weighted by atomic mass is 79.9. The normalized spacial score (nSPS) is 13.5. The van der Waals surface area contributed by atoms with E-state index < -0.39 is 17.8 Å². The highest BCUT2D eigenvalue weighted by Gasteiger charge is 2.36. The molecule has 21 heavy (non-hydrogen) atoms. The molecule has 0 spiro atoms. The van der Waals surface area contributed by atoms with Gasteiger partial charge in [0, 0.05) is 14.2 Å². The van der Waals surface area contributed by atoms with E-state index in [0.717, 1.165) is 21.4 Å². The smallest absolute Gasteiger partial charge is 0.309 e. The van der Waals surface area contributed by atoms with Crippen LogP contribution in [0.2, 0.25) is 0 Å². The van der Waals surface area contributed by atoms with Crippen molar-refractivity contribution in [1.29, 1.82) is 0 Å². The number of benzene rings is 1. The summed E-state index contributed by atoms with van der Waals surface area (Å²) in [6.07, 6.45) is -4.38. The first-order valence-corrected chi connectivity index (χ1v) is 7.96. The Kier molecular flexibility index (Phi) is 4.80. The third kappa shape index (κ3) is 3.49. The third-order valence-corrected chi connectivity index (χ3v) is 4.79. The van der Waals surface area contributed by atoms with Gasteiger partial charge in [-0.2, -0.15) is 13.2 Å². The van der Waals surface area contributed by atoms with Gasteiger partial charge in [-0.3, -0.25) is 0 Å². The summed E-state index contributed by atoms with van der Waals surface area (Å²) in [6.45, 7) is 3.89. The van der Waals surface area contributed by atoms with Gasteiger partial charge in [0.25, 0.3) is 0 Å². The molecule has 6 heteroatoms. The highest BCUT2D eigenvalue weighted by molar-refractivity contribution is 9.10. The van der Waals surface area contributed by atoms with Crippen molar-refractivity contribution >= 4 is 27.3 Å². The molecule has 2 rings (SSSR count). The summed E-state index contributed by atoms with van der Waals surface area (Å²) in [5.41, 5.74) is 0.529. The lowest BCUT2D eigenvalue weighted by Crippen LogP contribution is -2.22. The van der Waals surface area contributed by atoms with Crippen molar-refractivity contribution in [2.24, 2.45) is 0 Å². The van der Waals surface area contributed by atoms with Crippen LogP contribution in [0.3, 0.4) is 0 Å². The van der Waals surface area contributed by atoms with Gasteiger partial charge in [-0.1, -0.05) is 22.0 Å². The van der Waals surface area contributed by atoms with Crippen molar-refractivity contribution in [2.45, 2.75) is 26.1 Å². The van der Waals surface area contributed by atoms with Gasteiger partial charge in [-0.05, 0) is 50.2 Å². The molecule has 0 aliphatic carbocycles. The van der Waals surface area contributed by atoms with Gasteiger partial charge in [0.05, 0.1) is 11.6 Å². The van der Waals surface area contributed by atoms with Gasteiger partial charge >= 0.3 is 6.18 Å². The second-order valence-electron chi connectivity index (χ2n) is 4.82. The minimum absolute atomic E-state index is 0.245. The van der Waals surface area contributed by atoms with Crippen molar-refractivity contribution in [3.63, 3.8) is 0 Å². The summed E-state index contributed by atoms with van der Waals surface area (Å²) in [5, 5.41) is 3.01. The molecule has 1 unspecified atom stereocenters. The van der Waals surface area contributed by atoms with Crippen LogP contribution in [-0.4, -0.2) is 7.05 Å². The fraction of sp³-hybridized carbons (Fsp3) is 0.333. The van der Waals surface area contributed by atoms with E-state index in [1.165, 1.54) is 6.07 Å². The zero-order valence-corrected chi connectivity index (χ0v) is 14.2. The lowest BCUT2D eigenvalue weighted by atomic mass is 9.94. The number of hydrogen-bond donors (Lipinski definition) is 1.